The van der Waals surface area contributed by atoms with Gasteiger partial charge in [0.2, 0.25) is 0 Å². The van der Waals surface area contributed by atoms with E-state index in [-0.39, 0.29) is 22.7 Å². The molecule has 1 unspecified atom stereocenters. The van der Waals surface area contributed by atoms with Crippen molar-refractivity contribution in [3.63, 3.8) is 0 Å². The van der Waals surface area contributed by atoms with Crippen molar-refractivity contribution in [3.8, 4) is 6.07 Å². The molecule has 0 aromatic heterocycles. The number of alkyl halides is 3. The van der Waals surface area contributed by atoms with Crippen molar-refractivity contribution in [1.82, 2.24) is 5.32 Å². The summed E-state index contributed by atoms with van der Waals surface area (Å²) in [5.74, 6) is -0.643. The molecule has 1 N–H and O–H groups in total. The molecule has 180 valence electrons. The van der Waals surface area contributed by atoms with Gasteiger partial charge in [0.25, 0.3) is 11.8 Å². The highest BCUT2D eigenvalue weighted by molar-refractivity contribution is 7.81. The second-order valence-corrected chi connectivity index (χ2v) is 9.40. The van der Waals surface area contributed by atoms with E-state index < -0.39 is 29.3 Å². The second-order valence-electron chi connectivity index (χ2n) is 9.04. The fraction of sp³-hybridized carbons (Fsp3) is 0.360. The number of hydrogen-bond acceptors (Lipinski definition) is 4. The van der Waals surface area contributed by atoms with Crippen LogP contribution in [0.25, 0.3) is 0 Å². The van der Waals surface area contributed by atoms with Crippen LogP contribution in [-0.4, -0.2) is 29.0 Å². The molecular weight excluding hydrogens is 477 g/mol. The van der Waals surface area contributed by atoms with Crippen molar-refractivity contribution in [1.29, 1.82) is 5.26 Å². The van der Waals surface area contributed by atoms with Gasteiger partial charge in [0.1, 0.15) is 6.04 Å². The summed E-state index contributed by atoms with van der Waals surface area (Å²) in [6, 6.07) is 9.30. The molecule has 3 aliphatic rings. The number of benzene rings is 2. The first-order valence-corrected chi connectivity index (χ1v) is 11.8. The van der Waals surface area contributed by atoms with Crippen LogP contribution in [0.2, 0.25) is 0 Å². The highest BCUT2D eigenvalue weighted by atomic mass is 32.1. The molecule has 1 aliphatic carbocycles. The predicted octanol–water partition coefficient (Wildman–Crippen LogP) is 4.70. The quantitative estimate of drug-likeness (QED) is 0.621. The number of amides is 2. The Bertz CT molecular complexity index is 1280. The molecule has 35 heavy (non-hydrogen) atoms. The zero-order valence-corrected chi connectivity index (χ0v) is 19.4. The molecule has 6 nitrogen and oxygen atoms in total. The number of carbonyl (C=O) groups is 2. The summed E-state index contributed by atoms with van der Waals surface area (Å²) >= 11 is 5.54. The van der Waals surface area contributed by atoms with Crippen LogP contribution in [0.3, 0.4) is 0 Å². The first-order valence-electron chi connectivity index (χ1n) is 11.4. The van der Waals surface area contributed by atoms with Gasteiger partial charge in [-0.15, -0.1) is 0 Å². The lowest BCUT2D eigenvalue weighted by Crippen LogP contribution is -2.36. The van der Waals surface area contributed by atoms with Crippen molar-refractivity contribution >= 4 is 40.5 Å². The van der Waals surface area contributed by atoms with E-state index >= 15 is 0 Å². The van der Waals surface area contributed by atoms with E-state index in [4.69, 9.17) is 17.5 Å². The molecule has 0 bridgehead atoms. The van der Waals surface area contributed by atoms with E-state index in [2.05, 4.69) is 5.32 Å². The summed E-state index contributed by atoms with van der Waals surface area (Å²) in [6.45, 7) is 0. The van der Waals surface area contributed by atoms with E-state index in [9.17, 15) is 22.8 Å². The average molecular weight is 499 g/mol. The molecule has 0 spiro atoms. The molecule has 1 atom stereocenters. The lowest BCUT2D eigenvalue weighted by atomic mass is 9.95. The van der Waals surface area contributed by atoms with Gasteiger partial charge in [-0.05, 0) is 61.0 Å². The Hall–Kier alpha value is -3.45. The van der Waals surface area contributed by atoms with Crippen LogP contribution in [0, 0.1) is 11.3 Å². The van der Waals surface area contributed by atoms with Crippen LogP contribution in [0.5, 0.6) is 0 Å². The Morgan fingerprint density at radius 2 is 1.86 bits per heavy atom. The van der Waals surface area contributed by atoms with Crippen LogP contribution in [-0.2, 0) is 17.4 Å². The summed E-state index contributed by atoms with van der Waals surface area (Å²) in [5.41, 5.74) is 0.197. The van der Waals surface area contributed by atoms with Gasteiger partial charge in [0.05, 0.1) is 22.9 Å². The molecule has 2 aromatic rings. The number of nitrogens with one attached hydrogen (secondary N) is 1. The largest absolute Gasteiger partial charge is 0.417 e. The van der Waals surface area contributed by atoms with E-state index in [1.807, 2.05) is 0 Å². The highest BCUT2D eigenvalue weighted by Crippen LogP contribution is 2.41. The molecular formula is C25H21F3N4O2S. The summed E-state index contributed by atoms with van der Waals surface area (Å²) in [4.78, 5) is 28.8. The van der Waals surface area contributed by atoms with Crippen molar-refractivity contribution in [2.45, 2.75) is 56.8 Å². The van der Waals surface area contributed by atoms with E-state index in [0.717, 1.165) is 48.3 Å². The van der Waals surface area contributed by atoms with Gasteiger partial charge in [-0.25, -0.2) is 0 Å². The first kappa shape index (κ1) is 23.3. The summed E-state index contributed by atoms with van der Waals surface area (Å²) in [5, 5.41) is 12.2. The fourth-order valence-electron chi connectivity index (χ4n) is 5.11. The van der Waals surface area contributed by atoms with Crippen molar-refractivity contribution in [2.24, 2.45) is 0 Å². The number of anilines is 2. The Balaban J connectivity index is 1.44. The third-order valence-corrected chi connectivity index (χ3v) is 7.24. The number of nitrogens with zero attached hydrogens (tertiary/aromatic N) is 3. The number of rotatable bonds is 3. The van der Waals surface area contributed by atoms with Gasteiger partial charge in [-0.2, -0.15) is 18.4 Å². The van der Waals surface area contributed by atoms with Crippen LogP contribution < -0.4 is 15.1 Å². The number of hydrogen-bond donors (Lipinski definition) is 1. The van der Waals surface area contributed by atoms with Crippen molar-refractivity contribution in [3.05, 3.63) is 58.7 Å². The van der Waals surface area contributed by atoms with Crippen molar-refractivity contribution in [2.75, 3.05) is 9.80 Å². The molecule has 5 rings (SSSR count). The van der Waals surface area contributed by atoms with Gasteiger partial charge >= 0.3 is 6.18 Å². The molecule has 2 amide bonds. The standard InChI is InChI=1S/C25H21F3N4O2S/c26-25(27,28)19-12-18(9-8-16(19)13-29)31-23(34)21-10-14-6-7-15(11-20(14)32(21)24(31)35)22(33)30-17-4-2-1-3-5-17/h6-9,11-12,17,21H,1-5,10H2,(H,30,33). The monoisotopic (exact) mass is 498 g/mol. The van der Waals surface area contributed by atoms with Crippen molar-refractivity contribution < 1.29 is 22.8 Å². The second kappa shape index (κ2) is 8.64. The maximum absolute atomic E-state index is 13.5. The first-order chi connectivity index (χ1) is 16.7. The van der Waals surface area contributed by atoms with Crippen LogP contribution in [0.15, 0.2) is 36.4 Å². The minimum Gasteiger partial charge on any atom is -0.349 e. The van der Waals surface area contributed by atoms with Gasteiger partial charge in [0.15, 0.2) is 5.11 Å². The Morgan fingerprint density at radius 3 is 2.54 bits per heavy atom. The number of thiocarbonyl (C=S) groups is 1. The van der Waals surface area contributed by atoms with Gasteiger partial charge in [0, 0.05) is 23.7 Å². The topological polar surface area (TPSA) is 76.4 Å². The minimum absolute atomic E-state index is 0.0430. The lowest BCUT2D eigenvalue weighted by Gasteiger charge is -2.23. The zero-order chi connectivity index (χ0) is 24.9. The molecule has 1 saturated carbocycles. The summed E-state index contributed by atoms with van der Waals surface area (Å²) in [7, 11) is 0. The predicted molar refractivity (Wildman–Crippen MR) is 127 cm³/mol. The van der Waals surface area contributed by atoms with Crippen LogP contribution in [0.1, 0.15) is 59.2 Å². The Kier molecular flexibility index (Phi) is 5.75. The number of carbonyl (C=O) groups excluding carboxylic acids is 2. The highest BCUT2D eigenvalue weighted by Gasteiger charge is 2.49. The fourth-order valence-corrected chi connectivity index (χ4v) is 5.53. The molecule has 2 heterocycles. The number of fused-ring (bicyclic) bond motifs is 3. The summed E-state index contributed by atoms with van der Waals surface area (Å²) in [6.07, 6.45) is 0.816. The molecule has 1 saturated heterocycles. The number of nitriles is 1. The third-order valence-electron chi connectivity index (χ3n) is 6.86. The van der Waals surface area contributed by atoms with Gasteiger partial charge < -0.3 is 10.2 Å². The SMILES string of the molecule is N#Cc1ccc(N2C(=O)C3Cc4ccc(C(=O)NC5CCCCC5)cc4N3C2=S)cc1C(F)(F)F. The summed E-state index contributed by atoms with van der Waals surface area (Å²) < 4.78 is 40.4. The maximum atomic E-state index is 13.5. The molecule has 10 heteroatoms. The molecule has 0 radical (unpaired) electrons. The van der Waals surface area contributed by atoms with E-state index in [1.54, 1.807) is 23.1 Å². The third kappa shape index (κ3) is 4.04. The van der Waals surface area contributed by atoms with Gasteiger partial charge in [-0.1, -0.05) is 25.3 Å². The number of halogens is 3. The van der Waals surface area contributed by atoms with Crippen LogP contribution in [0.4, 0.5) is 24.5 Å². The smallest absolute Gasteiger partial charge is 0.349 e. The van der Waals surface area contributed by atoms with E-state index in [0.29, 0.717) is 17.7 Å². The minimum atomic E-state index is -4.76. The zero-order valence-electron chi connectivity index (χ0n) is 18.6. The average Bonchev–Trinajstić information content (AvgIpc) is 3.33. The Labute approximate surface area is 205 Å². The van der Waals surface area contributed by atoms with Gasteiger partial charge in [-0.3, -0.25) is 14.5 Å². The maximum Gasteiger partial charge on any atom is 0.417 e. The molecule has 2 fully saturated rings. The molecule has 2 aromatic carbocycles. The van der Waals surface area contributed by atoms with E-state index in [1.165, 1.54) is 18.6 Å². The Morgan fingerprint density at radius 1 is 1.11 bits per heavy atom. The van der Waals surface area contributed by atoms with Crippen LogP contribution >= 0.6 is 12.2 Å². The normalized spacial score (nSPS) is 20.0. The lowest BCUT2D eigenvalue weighted by molar-refractivity contribution is -0.137. The molecule has 2 aliphatic heterocycles.